The molecule has 3 nitrogen and oxygen atoms in total. The molecule has 4 bridgehead atoms. The molecule has 4 fully saturated rings. The minimum absolute atomic E-state index is 0.120. The molecule has 28 heavy (non-hydrogen) atoms. The molecular weight excluding hydrogens is 390 g/mol. The van der Waals surface area contributed by atoms with Crippen LogP contribution in [-0.4, -0.2) is 8.42 Å². The molecule has 6 rings (SSSR count). The van der Waals surface area contributed by atoms with Crippen LogP contribution in [0.15, 0.2) is 47.4 Å². The van der Waals surface area contributed by atoms with Crippen molar-refractivity contribution >= 4 is 27.3 Å². The van der Waals surface area contributed by atoms with Gasteiger partial charge in [0, 0.05) is 5.69 Å². The third kappa shape index (κ3) is 3.15. The highest BCUT2D eigenvalue weighted by Gasteiger charge is 2.51. The van der Waals surface area contributed by atoms with Gasteiger partial charge in [-0.05, 0) is 104 Å². The second-order valence-electron chi connectivity index (χ2n) is 9.32. The maximum Gasteiger partial charge on any atom is 0.263 e. The van der Waals surface area contributed by atoms with Crippen LogP contribution in [0.2, 0.25) is 5.02 Å². The number of rotatable bonds is 4. The Morgan fingerprint density at radius 1 is 0.964 bits per heavy atom. The molecule has 4 aliphatic rings. The fourth-order valence-electron chi connectivity index (χ4n) is 6.49. The van der Waals surface area contributed by atoms with Crippen LogP contribution in [-0.2, 0) is 15.4 Å². The fraction of sp³-hybridized carbons (Fsp3) is 0.478. The smallest absolute Gasteiger partial charge is 0.263 e. The number of anilines is 1. The van der Waals surface area contributed by atoms with E-state index in [-0.39, 0.29) is 15.3 Å². The normalized spacial score (nSPS) is 31.1. The van der Waals surface area contributed by atoms with Gasteiger partial charge in [-0.15, -0.1) is 0 Å². The lowest BCUT2D eigenvalue weighted by atomic mass is 9.48. The molecule has 0 aliphatic heterocycles. The van der Waals surface area contributed by atoms with Gasteiger partial charge in [0.15, 0.2) is 0 Å². The Morgan fingerprint density at radius 3 is 2.18 bits per heavy atom. The number of hydrogen-bond acceptors (Lipinski definition) is 2. The van der Waals surface area contributed by atoms with Gasteiger partial charge in [-0.1, -0.05) is 29.8 Å². The fourth-order valence-corrected chi connectivity index (χ4v) is 8.05. The molecule has 2 aromatic rings. The van der Waals surface area contributed by atoms with E-state index in [4.69, 9.17) is 11.6 Å². The molecule has 148 valence electrons. The molecule has 4 aliphatic carbocycles. The van der Waals surface area contributed by atoms with E-state index in [1.807, 2.05) is 6.07 Å². The van der Waals surface area contributed by atoms with Crippen LogP contribution in [0, 0.1) is 24.7 Å². The first-order valence-corrected chi connectivity index (χ1v) is 12.1. The highest BCUT2D eigenvalue weighted by atomic mass is 35.5. The first-order valence-electron chi connectivity index (χ1n) is 10.2. The van der Waals surface area contributed by atoms with Gasteiger partial charge in [-0.25, -0.2) is 8.42 Å². The summed E-state index contributed by atoms with van der Waals surface area (Å²) in [4.78, 5) is 0.120. The highest BCUT2D eigenvalue weighted by Crippen LogP contribution is 2.60. The molecule has 1 N–H and O–H groups in total. The van der Waals surface area contributed by atoms with E-state index in [1.165, 1.54) is 44.1 Å². The summed E-state index contributed by atoms with van der Waals surface area (Å²) in [5.41, 5.74) is 3.31. The standard InChI is InChI=1S/C23H26ClNO2S/c1-15-6-19(23-12-16-8-17(13-23)10-18(9-16)14-23)11-20(7-15)25-28(26,27)22-5-3-2-4-21(22)24/h2-7,11,16-18,25H,8-10,12-14H2,1H3. The third-order valence-electron chi connectivity index (χ3n) is 7.11. The summed E-state index contributed by atoms with van der Waals surface area (Å²) < 4.78 is 28.6. The predicted octanol–water partition coefficient (Wildman–Crippen LogP) is 5.92. The Labute approximate surface area is 172 Å². The zero-order valence-corrected chi connectivity index (χ0v) is 17.7. The lowest BCUT2D eigenvalue weighted by molar-refractivity contribution is -0.00518. The molecule has 2 aromatic carbocycles. The maximum absolute atomic E-state index is 12.9. The average Bonchev–Trinajstić information content (AvgIpc) is 2.60. The molecular formula is C23H26ClNO2S. The molecule has 0 radical (unpaired) electrons. The van der Waals surface area contributed by atoms with E-state index in [2.05, 4.69) is 23.8 Å². The van der Waals surface area contributed by atoms with Crippen molar-refractivity contribution in [2.24, 2.45) is 17.8 Å². The monoisotopic (exact) mass is 415 g/mol. The Balaban J connectivity index is 1.50. The van der Waals surface area contributed by atoms with Gasteiger partial charge in [0.05, 0.1) is 5.02 Å². The SMILES string of the molecule is Cc1cc(NS(=O)(=O)c2ccccc2Cl)cc(C23CC4CC(CC(C4)C2)C3)c1. The number of benzene rings is 2. The Bertz CT molecular complexity index is 995. The predicted molar refractivity (Wildman–Crippen MR) is 113 cm³/mol. The van der Waals surface area contributed by atoms with Gasteiger partial charge in [-0.2, -0.15) is 0 Å². The second-order valence-corrected chi connectivity index (χ2v) is 11.4. The quantitative estimate of drug-likeness (QED) is 0.673. The molecule has 0 saturated heterocycles. The summed E-state index contributed by atoms with van der Waals surface area (Å²) >= 11 is 6.13. The van der Waals surface area contributed by atoms with Gasteiger partial charge in [-0.3, -0.25) is 4.72 Å². The lowest BCUT2D eigenvalue weighted by Gasteiger charge is -2.57. The van der Waals surface area contributed by atoms with Crippen molar-refractivity contribution in [2.75, 3.05) is 4.72 Å². The summed E-state index contributed by atoms with van der Waals surface area (Å²) in [5, 5.41) is 0.240. The number of sulfonamides is 1. The zero-order chi connectivity index (χ0) is 19.5. The van der Waals surface area contributed by atoms with E-state index in [9.17, 15) is 8.42 Å². The lowest BCUT2D eigenvalue weighted by Crippen LogP contribution is -2.48. The summed E-state index contributed by atoms with van der Waals surface area (Å²) in [6.45, 7) is 2.05. The van der Waals surface area contributed by atoms with E-state index in [0.717, 1.165) is 23.3 Å². The Hall–Kier alpha value is -1.52. The molecule has 0 atom stereocenters. The van der Waals surface area contributed by atoms with E-state index < -0.39 is 10.0 Å². The summed E-state index contributed by atoms with van der Waals surface area (Å²) in [6.07, 6.45) is 7.99. The molecule has 0 aromatic heterocycles. The minimum Gasteiger partial charge on any atom is -0.280 e. The topological polar surface area (TPSA) is 46.2 Å². The molecule has 4 saturated carbocycles. The molecule has 0 unspecified atom stereocenters. The number of hydrogen-bond donors (Lipinski definition) is 1. The Kier molecular flexibility index (Phi) is 4.29. The van der Waals surface area contributed by atoms with Gasteiger partial charge in [0.25, 0.3) is 10.0 Å². The maximum atomic E-state index is 12.9. The van der Waals surface area contributed by atoms with Crippen molar-refractivity contribution in [3.05, 3.63) is 58.6 Å². The summed E-state index contributed by atoms with van der Waals surface area (Å²) in [6, 6.07) is 12.8. The minimum atomic E-state index is -3.72. The van der Waals surface area contributed by atoms with Gasteiger partial charge >= 0.3 is 0 Å². The number of halogens is 1. The van der Waals surface area contributed by atoms with Crippen molar-refractivity contribution in [3.8, 4) is 0 Å². The van der Waals surface area contributed by atoms with E-state index in [1.54, 1.807) is 24.3 Å². The van der Waals surface area contributed by atoms with E-state index >= 15 is 0 Å². The van der Waals surface area contributed by atoms with Crippen LogP contribution in [0.5, 0.6) is 0 Å². The number of aryl methyl sites for hydroxylation is 1. The van der Waals surface area contributed by atoms with Gasteiger partial charge in [0.2, 0.25) is 0 Å². The Morgan fingerprint density at radius 2 is 1.57 bits per heavy atom. The zero-order valence-electron chi connectivity index (χ0n) is 16.1. The van der Waals surface area contributed by atoms with Crippen LogP contribution in [0.4, 0.5) is 5.69 Å². The van der Waals surface area contributed by atoms with Crippen molar-refractivity contribution in [3.63, 3.8) is 0 Å². The molecule has 0 amide bonds. The molecule has 0 heterocycles. The van der Waals surface area contributed by atoms with Crippen LogP contribution in [0.1, 0.15) is 49.7 Å². The third-order valence-corrected chi connectivity index (χ3v) is 8.99. The number of nitrogens with one attached hydrogen (secondary N) is 1. The van der Waals surface area contributed by atoms with Crippen LogP contribution in [0.25, 0.3) is 0 Å². The van der Waals surface area contributed by atoms with Crippen molar-refractivity contribution in [1.82, 2.24) is 0 Å². The molecule has 0 spiro atoms. The molecule has 5 heteroatoms. The summed E-state index contributed by atoms with van der Waals surface area (Å²) in [7, 11) is -3.72. The average molecular weight is 416 g/mol. The van der Waals surface area contributed by atoms with Crippen molar-refractivity contribution < 1.29 is 8.42 Å². The second kappa shape index (κ2) is 6.50. The van der Waals surface area contributed by atoms with Crippen molar-refractivity contribution in [1.29, 1.82) is 0 Å². The highest BCUT2D eigenvalue weighted by molar-refractivity contribution is 7.92. The van der Waals surface area contributed by atoms with Crippen molar-refractivity contribution in [2.45, 2.75) is 55.8 Å². The van der Waals surface area contributed by atoms with Crippen LogP contribution >= 0.6 is 11.6 Å². The first-order chi connectivity index (χ1) is 13.3. The first kappa shape index (κ1) is 18.5. The van der Waals surface area contributed by atoms with Gasteiger partial charge < -0.3 is 0 Å². The summed E-state index contributed by atoms with van der Waals surface area (Å²) in [5.74, 6) is 2.57. The van der Waals surface area contributed by atoms with Gasteiger partial charge in [0.1, 0.15) is 4.90 Å². The van der Waals surface area contributed by atoms with E-state index in [0.29, 0.717) is 5.69 Å². The largest absolute Gasteiger partial charge is 0.280 e. The van der Waals surface area contributed by atoms with Crippen LogP contribution in [0.3, 0.4) is 0 Å². The van der Waals surface area contributed by atoms with Crippen LogP contribution < -0.4 is 4.72 Å².